The predicted molar refractivity (Wildman–Crippen MR) is 99.7 cm³/mol. The first-order valence-corrected chi connectivity index (χ1v) is 8.44. The van der Waals surface area contributed by atoms with E-state index >= 15 is 0 Å². The normalized spacial score (nSPS) is 11.7. The highest BCUT2D eigenvalue weighted by molar-refractivity contribution is 5.93. The molecule has 0 heterocycles. The van der Waals surface area contributed by atoms with Crippen molar-refractivity contribution in [3.63, 3.8) is 0 Å². The van der Waals surface area contributed by atoms with E-state index in [1.165, 1.54) is 0 Å². The molecule has 0 aliphatic carbocycles. The highest BCUT2D eigenvalue weighted by Crippen LogP contribution is 2.19. The Morgan fingerprint density at radius 2 is 1.64 bits per heavy atom. The number of hydrogen-bond acceptors (Lipinski definition) is 3. The number of carbonyl (C=O) groups is 1. The highest BCUT2D eigenvalue weighted by atomic mass is 16.5. The lowest BCUT2D eigenvalue weighted by molar-refractivity contribution is -0.871. The molecule has 2 aromatic rings. The van der Waals surface area contributed by atoms with Crippen molar-refractivity contribution < 1.29 is 19.2 Å². The fraction of sp³-hybridized carbons (Fsp3) is 0.350. The van der Waals surface area contributed by atoms with Crippen LogP contribution in [0.2, 0.25) is 0 Å². The Labute approximate surface area is 149 Å². The zero-order valence-corrected chi connectivity index (χ0v) is 15.4. The number of hydrogen-bond donors (Lipinski definition) is 2. The van der Waals surface area contributed by atoms with E-state index in [2.05, 4.69) is 5.32 Å². The molecule has 0 aliphatic rings. The Morgan fingerprint density at radius 3 is 2.24 bits per heavy atom. The first kappa shape index (κ1) is 18.8. The number of likely N-dealkylation sites (N-methyl/N-ethyl adjacent to an activating group) is 1. The lowest BCUT2D eigenvalue weighted by atomic mass is 10.1. The molecule has 0 saturated heterocycles. The zero-order chi connectivity index (χ0) is 18.2. The van der Waals surface area contributed by atoms with Crippen molar-refractivity contribution in [3.8, 4) is 11.5 Å². The summed E-state index contributed by atoms with van der Waals surface area (Å²) in [6, 6.07) is 13.5. The Hall–Kier alpha value is -2.53. The van der Waals surface area contributed by atoms with E-state index in [1.54, 1.807) is 7.11 Å². The van der Waals surface area contributed by atoms with E-state index in [0.29, 0.717) is 13.2 Å². The van der Waals surface area contributed by atoms with Crippen LogP contribution in [0.3, 0.4) is 0 Å². The number of ether oxygens (including phenoxy) is 2. The summed E-state index contributed by atoms with van der Waals surface area (Å²) in [6.07, 6.45) is 0. The maximum Gasteiger partial charge on any atom is 0.279 e. The molecule has 0 aliphatic heterocycles. The summed E-state index contributed by atoms with van der Waals surface area (Å²) >= 11 is 0. The van der Waals surface area contributed by atoms with Gasteiger partial charge in [0, 0.05) is 5.69 Å². The van der Waals surface area contributed by atoms with Crippen molar-refractivity contribution in [2.45, 2.75) is 13.8 Å². The molecule has 25 heavy (non-hydrogen) atoms. The molecule has 0 bridgehead atoms. The molecule has 0 radical (unpaired) electrons. The van der Waals surface area contributed by atoms with Gasteiger partial charge >= 0.3 is 0 Å². The van der Waals surface area contributed by atoms with Crippen LogP contribution < -0.4 is 19.7 Å². The summed E-state index contributed by atoms with van der Waals surface area (Å²) in [4.78, 5) is 13.3. The van der Waals surface area contributed by atoms with Gasteiger partial charge in [0.1, 0.15) is 24.7 Å². The number of amides is 1. The number of quaternary nitrogens is 1. The van der Waals surface area contributed by atoms with Crippen LogP contribution in [0.25, 0.3) is 0 Å². The minimum atomic E-state index is 0.0133. The molecule has 1 amide bonds. The van der Waals surface area contributed by atoms with Crippen LogP contribution in [0, 0.1) is 13.8 Å². The summed E-state index contributed by atoms with van der Waals surface area (Å²) in [5.41, 5.74) is 3.07. The summed E-state index contributed by atoms with van der Waals surface area (Å²) in [5.74, 6) is 1.62. The minimum absolute atomic E-state index is 0.0133. The van der Waals surface area contributed by atoms with E-state index in [0.717, 1.165) is 39.8 Å². The average molecular weight is 343 g/mol. The standard InChI is InChI=1S/C20H26N2O3/c1-15-6-5-7-16(2)20(15)21-19(23)14-22(3)12-13-25-18-10-8-17(24-4)9-11-18/h5-11H,12-14H2,1-4H3,(H,21,23)/p+1. The fourth-order valence-corrected chi connectivity index (χ4v) is 2.57. The van der Waals surface area contributed by atoms with E-state index in [1.807, 2.05) is 63.4 Å². The fourth-order valence-electron chi connectivity index (χ4n) is 2.57. The second-order valence-corrected chi connectivity index (χ2v) is 6.22. The second kappa shape index (κ2) is 9.08. The quantitative estimate of drug-likeness (QED) is 0.769. The van der Waals surface area contributed by atoms with Gasteiger partial charge < -0.3 is 19.7 Å². The first-order valence-electron chi connectivity index (χ1n) is 8.44. The third kappa shape index (κ3) is 5.80. The molecular formula is C20H27N2O3+. The van der Waals surface area contributed by atoms with E-state index in [9.17, 15) is 4.79 Å². The number of methoxy groups -OCH3 is 1. The summed E-state index contributed by atoms with van der Waals surface area (Å²) < 4.78 is 10.8. The molecule has 2 rings (SSSR count). The third-order valence-electron chi connectivity index (χ3n) is 4.06. The molecule has 2 N–H and O–H groups in total. The van der Waals surface area contributed by atoms with Gasteiger partial charge in [-0.15, -0.1) is 0 Å². The SMILES string of the molecule is COc1ccc(OCC[NH+](C)CC(=O)Nc2c(C)cccc2C)cc1. The Kier molecular flexibility index (Phi) is 6.83. The summed E-state index contributed by atoms with van der Waals surface area (Å²) in [5, 5.41) is 3.02. The molecule has 2 aromatic carbocycles. The Morgan fingerprint density at radius 1 is 1.04 bits per heavy atom. The van der Waals surface area contributed by atoms with Gasteiger partial charge in [0.25, 0.3) is 5.91 Å². The van der Waals surface area contributed by atoms with Gasteiger partial charge in [-0.25, -0.2) is 0 Å². The van der Waals surface area contributed by atoms with Crippen LogP contribution in [-0.4, -0.2) is 39.8 Å². The number of nitrogens with one attached hydrogen (secondary N) is 2. The van der Waals surface area contributed by atoms with Crippen molar-refractivity contribution >= 4 is 11.6 Å². The zero-order valence-electron chi connectivity index (χ0n) is 15.4. The van der Waals surface area contributed by atoms with E-state index in [4.69, 9.17) is 9.47 Å². The number of para-hydroxylation sites is 1. The minimum Gasteiger partial charge on any atom is -0.497 e. The van der Waals surface area contributed by atoms with Gasteiger partial charge in [0.05, 0.1) is 14.2 Å². The van der Waals surface area contributed by atoms with Crippen LogP contribution in [0.15, 0.2) is 42.5 Å². The van der Waals surface area contributed by atoms with Gasteiger partial charge in [-0.3, -0.25) is 4.79 Å². The molecule has 0 aromatic heterocycles. The topological polar surface area (TPSA) is 52.0 Å². The van der Waals surface area contributed by atoms with Gasteiger partial charge in [-0.2, -0.15) is 0 Å². The molecule has 5 nitrogen and oxygen atoms in total. The van der Waals surface area contributed by atoms with Crippen molar-refractivity contribution in [2.24, 2.45) is 0 Å². The molecule has 1 unspecified atom stereocenters. The Balaban J connectivity index is 1.75. The average Bonchev–Trinajstić information content (AvgIpc) is 2.59. The van der Waals surface area contributed by atoms with Crippen LogP contribution >= 0.6 is 0 Å². The van der Waals surface area contributed by atoms with Crippen molar-refractivity contribution in [2.75, 3.05) is 39.2 Å². The van der Waals surface area contributed by atoms with Gasteiger partial charge in [0.15, 0.2) is 6.54 Å². The number of benzene rings is 2. The highest BCUT2D eigenvalue weighted by Gasteiger charge is 2.12. The van der Waals surface area contributed by atoms with Crippen LogP contribution in [0.4, 0.5) is 5.69 Å². The van der Waals surface area contributed by atoms with Crippen molar-refractivity contribution in [3.05, 3.63) is 53.6 Å². The van der Waals surface area contributed by atoms with E-state index in [-0.39, 0.29) is 5.91 Å². The van der Waals surface area contributed by atoms with Gasteiger partial charge in [-0.1, -0.05) is 18.2 Å². The van der Waals surface area contributed by atoms with Gasteiger partial charge in [-0.05, 0) is 49.2 Å². The molecule has 134 valence electrons. The maximum absolute atomic E-state index is 12.2. The monoisotopic (exact) mass is 343 g/mol. The third-order valence-corrected chi connectivity index (χ3v) is 4.06. The molecule has 0 fully saturated rings. The maximum atomic E-state index is 12.2. The molecule has 5 heteroatoms. The smallest absolute Gasteiger partial charge is 0.279 e. The Bertz CT molecular complexity index is 678. The van der Waals surface area contributed by atoms with Crippen LogP contribution in [-0.2, 0) is 4.79 Å². The van der Waals surface area contributed by atoms with Gasteiger partial charge in [0.2, 0.25) is 0 Å². The van der Waals surface area contributed by atoms with Crippen LogP contribution in [0.1, 0.15) is 11.1 Å². The summed E-state index contributed by atoms with van der Waals surface area (Å²) in [7, 11) is 3.62. The molecule has 0 saturated carbocycles. The lowest BCUT2D eigenvalue weighted by Crippen LogP contribution is -3.10. The van der Waals surface area contributed by atoms with Crippen molar-refractivity contribution in [1.82, 2.24) is 0 Å². The summed E-state index contributed by atoms with van der Waals surface area (Å²) in [6.45, 7) is 5.70. The largest absolute Gasteiger partial charge is 0.497 e. The number of carbonyl (C=O) groups excluding carboxylic acids is 1. The number of anilines is 1. The van der Waals surface area contributed by atoms with E-state index < -0.39 is 0 Å². The predicted octanol–water partition coefficient (Wildman–Crippen LogP) is 1.84. The second-order valence-electron chi connectivity index (χ2n) is 6.22. The molecule has 0 spiro atoms. The van der Waals surface area contributed by atoms with Crippen LogP contribution in [0.5, 0.6) is 11.5 Å². The molecule has 1 atom stereocenters. The molecular weight excluding hydrogens is 316 g/mol. The first-order chi connectivity index (χ1) is 12.0. The van der Waals surface area contributed by atoms with Crippen molar-refractivity contribution in [1.29, 1.82) is 0 Å². The lowest BCUT2D eigenvalue weighted by Gasteiger charge is -2.16. The number of rotatable bonds is 8. The number of aryl methyl sites for hydroxylation is 2.